The van der Waals surface area contributed by atoms with Crippen LogP contribution in [0, 0.1) is 5.92 Å². The van der Waals surface area contributed by atoms with Gasteiger partial charge in [0, 0.05) is 5.92 Å². The fourth-order valence-electron chi connectivity index (χ4n) is 3.02. The van der Waals surface area contributed by atoms with E-state index >= 15 is 0 Å². The van der Waals surface area contributed by atoms with Crippen molar-refractivity contribution in [1.82, 2.24) is 0 Å². The van der Waals surface area contributed by atoms with Crippen LogP contribution in [-0.4, -0.2) is 14.4 Å². The first-order valence-electron chi connectivity index (χ1n) is 8.76. The number of hydrogen-bond donors (Lipinski definition) is 0. The minimum absolute atomic E-state index is 0.214. The van der Waals surface area contributed by atoms with Gasteiger partial charge in [-0.05, 0) is 42.5 Å². The first-order valence-corrected chi connectivity index (χ1v) is 11.7. The van der Waals surface area contributed by atoms with Crippen molar-refractivity contribution in [1.29, 1.82) is 0 Å². The third-order valence-corrected chi connectivity index (χ3v) is 10.0. The molecule has 2 rings (SSSR count). The average molecular weight is 329 g/mol. The van der Waals surface area contributed by atoms with Gasteiger partial charge in [-0.1, -0.05) is 69.3 Å². The Bertz CT molecular complexity index is 531. The minimum Gasteiger partial charge on any atom is -0.413 e. The Labute approximate surface area is 143 Å². The van der Waals surface area contributed by atoms with Crippen LogP contribution >= 0.6 is 0 Å². The van der Waals surface area contributed by atoms with E-state index in [0.29, 0.717) is 5.92 Å². The van der Waals surface area contributed by atoms with E-state index in [4.69, 9.17) is 4.43 Å². The summed E-state index contributed by atoms with van der Waals surface area (Å²) in [6.45, 7) is 15.8. The summed E-state index contributed by atoms with van der Waals surface area (Å²) < 4.78 is 6.92. The zero-order valence-electron chi connectivity index (χ0n) is 15.4. The van der Waals surface area contributed by atoms with Crippen LogP contribution in [0.3, 0.4) is 0 Å². The van der Waals surface area contributed by atoms with Gasteiger partial charge >= 0.3 is 0 Å². The molecule has 1 nitrogen and oxygen atoms in total. The Morgan fingerprint density at radius 1 is 1.13 bits per heavy atom. The van der Waals surface area contributed by atoms with Crippen molar-refractivity contribution in [3.8, 4) is 0 Å². The van der Waals surface area contributed by atoms with Crippen LogP contribution in [0.4, 0.5) is 0 Å². The van der Waals surface area contributed by atoms with Gasteiger partial charge in [-0.2, -0.15) is 0 Å². The molecule has 126 valence electrons. The monoisotopic (exact) mass is 328 g/mol. The smallest absolute Gasteiger partial charge is 0.192 e. The van der Waals surface area contributed by atoms with Crippen LogP contribution in [0.5, 0.6) is 0 Å². The molecule has 0 radical (unpaired) electrons. The standard InChI is InChI=1S/C21H32OSi/c1-7-19(17-13-9-8-10-14-17)20(18-15-11-12-16-18)22-23(5,6)21(2,3)4/h7-14,18-20H,1,15-16H2,2-6H3/t19-,20+/m1/s1. The fourth-order valence-corrected chi connectivity index (χ4v) is 4.39. The van der Waals surface area contributed by atoms with E-state index in [-0.39, 0.29) is 17.1 Å². The first kappa shape index (κ1) is 18.2. The molecule has 0 spiro atoms. The lowest BCUT2D eigenvalue weighted by Crippen LogP contribution is -2.47. The maximum absolute atomic E-state index is 6.92. The molecule has 2 atom stereocenters. The molecule has 1 aliphatic carbocycles. The van der Waals surface area contributed by atoms with Crippen LogP contribution < -0.4 is 0 Å². The molecule has 0 saturated heterocycles. The van der Waals surface area contributed by atoms with E-state index < -0.39 is 8.32 Å². The van der Waals surface area contributed by atoms with Gasteiger partial charge in [-0.15, -0.1) is 6.58 Å². The summed E-state index contributed by atoms with van der Waals surface area (Å²) in [7, 11) is -1.82. The third kappa shape index (κ3) is 4.24. The Morgan fingerprint density at radius 2 is 1.70 bits per heavy atom. The summed E-state index contributed by atoms with van der Waals surface area (Å²) in [5.41, 5.74) is 1.32. The second kappa shape index (κ2) is 7.19. The average Bonchev–Trinajstić information content (AvgIpc) is 3.01. The predicted molar refractivity (Wildman–Crippen MR) is 103 cm³/mol. The van der Waals surface area contributed by atoms with Crippen molar-refractivity contribution < 1.29 is 4.43 Å². The molecule has 1 aliphatic rings. The summed E-state index contributed by atoms with van der Waals surface area (Å²) in [5.74, 6) is 0.822. The predicted octanol–water partition coefficient (Wildman–Crippen LogP) is 6.31. The third-order valence-electron chi connectivity index (χ3n) is 5.54. The zero-order chi connectivity index (χ0) is 17.1. The Hall–Kier alpha value is -1.12. The molecule has 0 aliphatic heterocycles. The molecule has 0 N–H and O–H groups in total. The first-order chi connectivity index (χ1) is 10.8. The second-order valence-corrected chi connectivity index (χ2v) is 13.0. The highest BCUT2D eigenvalue weighted by molar-refractivity contribution is 6.74. The van der Waals surface area contributed by atoms with Gasteiger partial charge in [0.25, 0.3) is 0 Å². The molecule has 0 aromatic heterocycles. The van der Waals surface area contributed by atoms with E-state index in [2.05, 4.69) is 89.0 Å². The molecule has 1 aromatic rings. The van der Waals surface area contributed by atoms with Gasteiger partial charge in [0.05, 0.1) is 6.10 Å². The van der Waals surface area contributed by atoms with E-state index in [0.717, 1.165) is 12.8 Å². The number of benzene rings is 1. The molecule has 0 fully saturated rings. The number of rotatable bonds is 6. The fraction of sp³-hybridized carbons (Fsp3) is 0.524. The largest absolute Gasteiger partial charge is 0.413 e. The highest BCUT2D eigenvalue weighted by Crippen LogP contribution is 2.42. The lowest BCUT2D eigenvalue weighted by atomic mass is 9.84. The number of hydrogen-bond acceptors (Lipinski definition) is 1. The molecule has 0 heterocycles. The summed E-state index contributed by atoms with van der Waals surface area (Å²) in [5, 5.41) is 0.222. The van der Waals surface area contributed by atoms with Crippen molar-refractivity contribution in [3.63, 3.8) is 0 Å². The van der Waals surface area contributed by atoms with Crippen LogP contribution in [0.15, 0.2) is 55.1 Å². The van der Waals surface area contributed by atoms with Crippen molar-refractivity contribution in [2.45, 2.75) is 63.8 Å². The van der Waals surface area contributed by atoms with E-state index in [9.17, 15) is 0 Å². The Kier molecular flexibility index (Phi) is 5.69. The van der Waals surface area contributed by atoms with Crippen LogP contribution in [0.1, 0.15) is 45.1 Å². The summed E-state index contributed by atoms with van der Waals surface area (Å²) in [6, 6.07) is 10.7. The molecule has 0 amide bonds. The quantitative estimate of drug-likeness (QED) is 0.439. The normalized spacial score (nSPS) is 18.8. The molecule has 1 aromatic carbocycles. The van der Waals surface area contributed by atoms with Gasteiger partial charge in [-0.3, -0.25) is 0 Å². The van der Waals surface area contributed by atoms with Gasteiger partial charge < -0.3 is 4.43 Å². The Balaban J connectivity index is 2.32. The summed E-state index contributed by atoms with van der Waals surface area (Å²) in [4.78, 5) is 0. The minimum atomic E-state index is -1.82. The van der Waals surface area contributed by atoms with E-state index in [1.165, 1.54) is 5.56 Å². The summed E-state index contributed by atoms with van der Waals surface area (Å²) in [6.07, 6.45) is 9.15. The van der Waals surface area contributed by atoms with Crippen LogP contribution in [0.2, 0.25) is 18.1 Å². The molecular weight excluding hydrogens is 296 g/mol. The second-order valence-electron chi connectivity index (χ2n) is 8.22. The van der Waals surface area contributed by atoms with Crippen molar-refractivity contribution >= 4 is 8.32 Å². The SMILES string of the molecule is C=C[C@H](c1ccccc1)[C@@H](O[Si](C)(C)C(C)(C)C)C1CC=CC1. The van der Waals surface area contributed by atoms with Crippen molar-refractivity contribution in [3.05, 3.63) is 60.7 Å². The van der Waals surface area contributed by atoms with Crippen molar-refractivity contribution in [2.24, 2.45) is 5.92 Å². The zero-order valence-corrected chi connectivity index (χ0v) is 16.4. The molecule has 0 unspecified atom stereocenters. The van der Waals surface area contributed by atoms with Gasteiger partial charge in [0.2, 0.25) is 0 Å². The van der Waals surface area contributed by atoms with E-state index in [1.807, 2.05) is 0 Å². The van der Waals surface area contributed by atoms with Gasteiger partial charge in [0.15, 0.2) is 8.32 Å². The molecular formula is C21H32OSi. The number of allylic oxidation sites excluding steroid dienone is 2. The van der Waals surface area contributed by atoms with Gasteiger partial charge in [-0.25, -0.2) is 0 Å². The topological polar surface area (TPSA) is 9.23 Å². The van der Waals surface area contributed by atoms with Crippen LogP contribution in [0.25, 0.3) is 0 Å². The van der Waals surface area contributed by atoms with Gasteiger partial charge in [0.1, 0.15) is 0 Å². The lowest BCUT2D eigenvalue weighted by molar-refractivity contribution is 0.109. The molecule has 0 saturated carbocycles. The van der Waals surface area contributed by atoms with Crippen LogP contribution in [-0.2, 0) is 4.43 Å². The molecule has 23 heavy (non-hydrogen) atoms. The maximum Gasteiger partial charge on any atom is 0.192 e. The lowest BCUT2D eigenvalue weighted by Gasteiger charge is -2.43. The molecule has 0 bridgehead atoms. The highest BCUT2D eigenvalue weighted by Gasteiger charge is 2.42. The Morgan fingerprint density at radius 3 is 2.17 bits per heavy atom. The van der Waals surface area contributed by atoms with Crippen molar-refractivity contribution in [2.75, 3.05) is 0 Å². The van der Waals surface area contributed by atoms with E-state index in [1.54, 1.807) is 0 Å². The molecule has 2 heteroatoms. The summed E-state index contributed by atoms with van der Waals surface area (Å²) >= 11 is 0. The highest BCUT2D eigenvalue weighted by atomic mass is 28.4. The maximum atomic E-state index is 6.92.